The van der Waals surface area contributed by atoms with Crippen LogP contribution in [-0.2, 0) is 5.41 Å². The van der Waals surface area contributed by atoms with E-state index in [4.69, 9.17) is 14.2 Å². The SMILES string of the molecule is CCOc1ccc(C=Nc2ccc(Oc3ccc(C(C)(C)CC)cc3)cc2)cc1OC. The van der Waals surface area contributed by atoms with E-state index in [1.807, 2.05) is 67.7 Å². The van der Waals surface area contributed by atoms with Crippen molar-refractivity contribution in [3.8, 4) is 23.0 Å². The zero-order valence-corrected chi connectivity index (χ0v) is 19.0. The lowest BCUT2D eigenvalue weighted by Crippen LogP contribution is -2.14. The van der Waals surface area contributed by atoms with E-state index in [9.17, 15) is 0 Å². The molecule has 0 heterocycles. The maximum absolute atomic E-state index is 5.98. The summed E-state index contributed by atoms with van der Waals surface area (Å²) in [6, 6.07) is 21.8. The molecule has 0 aliphatic heterocycles. The van der Waals surface area contributed by atoms with Crippen molar-refractivity contribution in [3.05, 3.63) is 77.9 Å². The largest absolute Gasteiger partial charge is 0.493 e. The molecule has 0 fully saturated rings. The van der Waals surface area contributed by atoms with Gasteiger partial charge in [-0.2, -0.15) is 0 Å². The number of hydrogen-bond acceptors (Lipinski definition) is 4. The lowest BCUT2D eigenvalue weighted by molar-refractivity contribution is 0.311. The van der Waals surface area contributed by atoms with Gasteiger partial charge in [0.05, 0.1) is 19.4 Å². The molecule has 0 aliphatic carbocycles. The van der Waals surface area contributed by atoms with Crippen LogP contribution in [0.5, 0.6) is 23.0 Å². The van der Waals surface area contributed by atoms with E-state index >= 15 is 0 Å². The van der Waals surface area contributed by atoms with Gasteiger partial charge in [-0.05, 0) is 84.5 Å². The average molecular weight is 418 g/mol. The van der Waals surface area contributed by atoms with Gasteiger partial charge in [0.1, 0.15) is 11.5 Å². The molecule has 0 saturated carbocycles. The van der Waals surface area contributed by atoms with Crippen LogP contribution in [0.2, 0.25) is 0 Å². The van der Waals surface area contributed by atoms with Gasteiger partial charge in [0.15, 0.2) is 11.5 Å². The minimum atomic E-state index is 0.172. The first kappa shape index (κ1) is 22.4. The van der Waals surface area contributed by atoms with Gasteiger partial charge in [0.25, 0.3) is 0 Å². The summed E-state index contributed by atoms with van der Waals surface area (Å²) in [6.07, 6.45) is 2.90. The number of hydrogen-bond donors (Lipinski definition) is 0. The standard InChI is InChI=1S/C27H31NO3/c1-6-27(3,4)21-9-13-23(14-10-21)31-24-15-11-22(12-16-24)28-19-20-8-17-25(30-7-2)26(18-20)29-5/h8-19H,6-7H2,1-5H3. The molecule has 4 nitrogen and oxygen atoms in total. The van der Waals surface area contributed by atoms with Crippen LogP contribution < -0.4 is 14.2 Å². The molecule has 0 spiro atoms. The highest BCUT2D eigenvalue weighted by molar-refractivity contribution is 5.83. The Morgan fingerprint density at radius 2 is 1.48 bits per heavy atom. The molecule has 3 aromatic rings. The van der Waals surface area contributed by atoms with Crippen LogP contribution in [0.1, 0.15) is 45.2 Å². The Kier molecular flexibility index (Phi) is 7.35. The Bertz CT molecular complexity index is 1010. The molecule has 162 valence electrons. The summed E-state index contributed by atoms with van der Waals surface area (Å²) in [5.41, 5.74) is 3.28. The third-order valence-electron chi connectivity index (χ3n) is 5.44. The van der Waals surface area contributed by atoms with E-state index in [1.165, 1.54) is 5.56 Å². The van der Waals surface area contributed by atoms with E-state index in [0.29, 0.717) is 12.4 Å². The van der Waals surface area contributed by atoms with E-state index in [2.05, 4.69) is 37.9 Å². The molecule has 0 aliphatic rings. The molecular weight excluding hydrogens is 386 g/mol. The summed E-state index contributed by atoms with van der Waals surface area (Å²) in [4.78, 5) is 4.55. The molecule has 0 bridgehead atoms. The Labute approximate surface area is 185 Å². The van der Waals surface area contributed by atoms with Crippen molar-refractivity contribution in [2.45, 2.75) is 39.5 Å². The molecule has 0 saturated heterocycles. The minimum Gasteiger partial charge on any atom is -0.493 e. The molecule has 0 unspecified atom stereocenters. The van der Waals surface area contributed by atoms with Crippen molar-refractivity contribution in [2.75, 3.05) is 13.7 Å². The van der Waals surface area contributed by atoms with Crippen molar-refractivity contribution in [1.82, 2.24) is 0 Å². The van der Waals surface area contributed by atoms with Crippen LogP contribution in [0.25, 0.3) is 0 Å². The summed E-state index contributed by atoms with van der Waals surface area (Å²) in [5, 5.41) is 0. The first-order chi connectivity index (χ1) is 14.9. The van der Waals surface area contributed by atoms with Gasteiger partial charge in [-0.15, -0.1) is 0 Å². The summed E-state index contributed by atoms with van der Waals surface area (Å²) in [5.74, 6) is 3.04. The molecule has 3 rings (SSSR count). The molecule has 0 radical (unpaired) electrons. The Balaban J connectivity index is 1.65. The van der Waals surface area contributed by atoms with Crippen LogP contribution in [0.4, 0.5) is 5.69 Å². The van der Waals surface area contributed by atoms with Crippen LogP contribution in [-0.4, -0.2) is 19.9 Å². The fourth-order valence-electron chi connectivity index (χ4n) is 3.10. The van der Waals surface area contributed by atoms with E-state index < -0.39 is 0 Å². The summed E-state index contributed by atoms with van der Waals surface area (Å²) in [7, 11) is 1.63. The molecule has 31 heavy (non-hydrogen) atoms. The fraction of sp³-hybridized carbons (Fsp3) is 0.296. The van der Waals surface area contributed by atoms with Crippen LogP contribution in [0.3, 0.4) is 0 Å². The van der Waals surface area contributed by atoms with Crippen molar-refractivity contribution in [3.63, 3.8) is 0 Å². The normalized spacial score (nSPS) is 11.5. The third-order valence-corrected chi connectivity index (χ3v) is 5.44. The number of benzene rings is 3. The predicted molar refractivity (Wildman–Crippen MR) is 128 cm³/mol. The topological polar surface area (TPSA) is 40.0 Å². The number of nitrogens with zero attached hydrogens (tertiary/aromatic N) is 1. The van der Waals surface area contributed by atoms with Crippen molar-refractivity contribution < 1.29 is 14.2 Å². The second-order valence-corrected chi connectivity index (χ2v) is 7.96. The van der Waals surface area contributed by atoms with Gasteiger partial charge in [-0.3, -0.25) is 4.99 Å². The second-order valence-electron chi connectivity index (χ2n) is 7.96. The van der Waals surface area contributed by atoms with E-state index in [0.717, 1.165) is 34.9 Å². The maximum Gasteiger partial charge on any atom is 0.161 e. The third kappa shape index (κ3) is 5.88. The molecular formula is C27H31NO3. The average Bonchev–Trinajstić information content (AvgIpc) is 2.80. The van der Waals surface area contributed by atoms with Gasteiger partial charge in [0, 0.05) is 6.21 Å². The van der Waals surface area contributed by atoms with Gasteiger partial charge in [0.2, 0.25) is 0 Å². The van der Waals surface area contributed by atoms with Crippen LogP contribution >= 0.6 is 0 Å². The highest BCUT2D eigenvalue weighted by Gasteiger charge is 2.17. The number of ether oxygens (including phenoxy) is 3. The lowest BCUT2D eigenvalue weighted by Gasteiger charge is -2.23. The smallest absolute Gasteiger partial charge is 0.161 e. The zero-order valence-electron chi connectivity index (χ0n) is 19.0. The summed E-state index contributed by atoms with van der Waals surface area (Å²) < 4.78 is 16.9. The Hall–Kier alpha value is -3.27. The number of rotatable bonds is 9. The minimum absolute atomic E-state index is 0.172. The molecule has 4 heteroatoms. The second kappa shape index (κ2) is 10.2. The van der Waals surface area contributed by atoms with Gasteiger partial charge in [-0.25, -0.2) is 0 Å². The molecule has 3 aromatic carbocycles. The Morgan fingerprint density at radius 3 is 2.06 bits per heavy atom. The monoisotopic (exact) mass is 417 g/mol. The highest BCUT2D eigenvalue weighted by Crippen LogP contribution is 2.30. The van der Waals surface area contributed by atoms with E-state index in [-0.39, 0.29) is 5.41 Å². The van der Waals surface area contributed by atoms with Crippen molar-refractivity contribution in [1.29, 1.82) is 0 Å². The van der Waals surface area contributed by atoms with Crippen molar-refractivity contribution >= 4 is 11.9 Å². The van der Waals surface area contributed by atoms with Gasteiger partial charge >= 0.3 is 0 Å². The van der Waals surface area contributed by atoms with Crippen molar-refractivity contribution in [2.24, 2.45) is 4.99 Å². The fourth-order valence-corrected chi connectivity index (χ4v) is 3.10. The predicted octanol–water partition coefficient (Wildman–Crippen LogP) is 7.32. The van der Waals surface area contributed by atoms with Gasteiger partial charge < -0.3 is 14.2 Å². The maximum atomic E-state index is 5.98. The lowest BCUT2D eigenvalue weighted by atomic mass is 9.82. The zero-order chi connectivity index (χ0) is 22.3. The summed E-state index contributed by atoms with van der Waals surface area (Å²) in [6.45, 7) is 9.27. The quantitative estimate of drug-likeness (QED) is 0.342. The summed E-state index contributed by atoms with van der Waals surface area (Å²) >= 11 is 0. The van der Waals surface area contributed by atoms with Gasteiger partial charge in [-0.1, -0.05) is 32.9 Å². The number of methoxy groups -OCH3 is 1. The highest BCUT2D eigenvalue weighted by atomic mass is 16.5. The van der Waals surface area contributed by atoms with Crippen LogP contribution in [0, 0.1) is 0 Å². The molecule has 0 N–H and O–H groups in total. The first-order valence-corrected chi connectivity index (χ1v) is 10.7. The Morgan fingerprint density at radius 1 is 0.839 bits per heavy atom. The molecule has 0 atom stereocenters. The molecule has 0 amide bonds. The molecule has 0 aromatic heterocycles. The first-order valence-electron chi connectivity index (χ1n) is 10.7. The van der Waals surface area contributed by atoms with Crippen LogP contribution in [0.15, 0.2) is 71.7 Å². The van der Waals surface area contributed by atoms with E-state index in [1.54, 1.807) is 7.11 Å². The number of aliphatic imine (C=N–C) groups is 1.